The van der Waals surface area contributed by atoms with Gasteiger partial charge in [0.05, 0.1) is 19.3 Å². The van der Waals surface area contributed by atoms with Gasteiger partial charge in [-0.05, 0) is 36.9 Å². The second-order valence-electron chi connectivity index (χ2n) is 6.23. The predicted octanol–water partition coefficient (Wildman–Crippen LogP) is 2.71. The smallest absolute Gasteiger partial charge is 0.119 e. The summed E-state index contributed by atoms with van der Waals surface area (Å²) >= 11 is 0. The third-order valence-electron chi connectivity index (χ3n) is 4.42. The Kier molecular flexibility index (Phi) is 7.09. The largest absolute Gasteiger partial charge is 0.492 e. The second kappa shape index (κ2) is 9.98. The first-order chi connectivity index (χ1) is 12.8. The fourth-order valence-electron chi connectivity index (χ4n) is 2.87. The molecule has 1 atom stereocenters. The van der Waals surface area contributed by atoms with E-state index in [9.17, 15) is 0 Å². The Morgan fingerprint density at radius 3 is 2.50 bits per heavy atom. The maximum atomic E-state index is 5.87. The Labute approximate surface area is 156 Å². The van der Waals surface area contributed by atoms with Crippen molar-refractivity contribution in [1.29, 1.82) is 0 Å². The molecular weight excluding hydrogens is 324 g/mol. The third kappa shape index (κ3) is 5.60. The van der Waals surface area contributed by atoms with E-state index in [4.69, 9.17) is 9.47 Å². The summed E-state index contributed by atoms with van der Waals surface area (Å²) in [5, 5.41) is 3.26. The van der Waals surface area contributed by atoms with Crippen LogP contribution in [0.3, 0.4) is 0 Å². The van der Waals surface area contributed by atoms with Gasteiger partial charge in [-0.2, -0.15) is 0 Å². The SMILES string of the molecule is CNC(C#Cc1ccccc1)c1ccc(OCCN2CCOCC2)cc1. The number of morpholine rings is 1. The van der Waals surface area contributed by atoms with Crippen LogP contribution < -0.4 is 10.1 Å². The fourth-order valence-corrected chi connectivity index (χ4v) is 2.87. The lowest BCUT2D eigenvalue weighted by atomic mass is 10.1. The van der Waals surface area contributed by atoms with E-state index in [2.05, 4.69) is 34.2 Å². The molecule has 1 fully saturated rings. The van der Waals surface area contributed by atoms with Gasteiger partial charge in [0.2, 0.25) is 0 Å². The molecule has 136 valence electrons. The van der Waals surface area contributed by atoms with E-state index in [1.54, 1.807) is 0 Å². The van der Waals surface area contributed by atoms with E-state index in [1.165, 1.54) is 0 Å². The van der Waals surface area contributed by atoms with E-state index >= 15 is 0 Å². The van der Waals surface area contributed by atoms with E-state index in [1.807, 2.05) is 49.5 Å². The van der Waals surface area contributed by atoms with Crippen molar-refractivity contribution in [1.82, 2.24) is 10.2 Å². The van der Waals surface area contributed by atoms with Crippen LogP contribution in [0.4, 0.5) is 0 Å². The third-order valence-corrected chi connectivity index (χ3v) is 4.42. The van der Waals surface area contributed by atoms with E-state index < -0.39 is 0 Å². The van der Waals surface area contributed by atoms with Crippen molar-refractivity contribution < 1.29 is 9.47 Å². The molecule has 1 saturated heterocycles. The van der Waals surface area contributed by atoms with Crippen LogP contribution in [0.1, 0.15) is 17.2 Å². The quantitative estimate of drug-likeness (QED) is 0.813. The van der Waals surface area contributed by atoms with E-state index in [0.717, 1.165) is 49.7 Å². The Bertz CT molecular complexity index is 713. The molecule has 1 aliphatic rings. The Hall–Kier alpha value is -2.32. The van der Waals surface area contributed by atoms with Gasteiger partial charge in [-0.15, -0.1) is 0 Å². The molecule has 1 unspecified atom stereocenters. The van der Waals surface area contributed by atoms with Crippen LogP contribution in [-0.2, 0) is 4.74 Å². The lowest BCUT2D eigenvalue weighted by molar-refractivity contribution is 0.0322. The number of nitrogens with one attached hydrogen (secondary N) is 1. The lowest BCUT2D eigenvalue weighted by Gasteiger charge is -2.26. The summed E-state index contributed by atoms with van der Waals surface area (Å²) in [5.41, 5.74) is 2.16. The van der Waals surface area contributed by atoms with Crippen molar-refractivity contribution in [3.63, 3.8) is 0 Å². The van der Waals surface area contributed by atoms with Crippen LogP contribution in [0.15, 0.2) is 54.6 Å². The average molecular weight is 350 g/mol. The van der Waals surface area contributed by atoms with Crippen LogP contribution in [0.5, 0.6) is 5.75 Å². The van der Waals surface area contributed by atoms with Gasteiger partial charge < -0.3 is 14.8 Å². The highest BCUT2D eigenvalue weighted by Gasteiger charge is 2.10. The maximum absolute atomic E-state index is 5.87. The number of nitrogens with zero attached hydrogens (tertiary/aromatic N) is 1. The van der Waals surface area contributed by atoms with Gasteiger partial charge >= 0.3 is 0 Å². The highest BCUT2D eigenvalue weighted by Crippen LogP contribution is 2.17. The topological polar surface area (TPSA) is 33.7 Å². The van der Waals surface area contributed by atoms with E-state index in [0.29, 0.717) is 6.61 Å². The molecule has 0 spiro atoms. The molecule has 0 aliphatic carbocycles. The number of benzene rings is 2. The highest BCUT2D eigenvalue weighted by molar-refractivity contribution is 5.38. The van der Waals surface area contributed by atoms with Crippen LogP contribution >= 0.6 is 0 Å². The summed E-state index contributed by atoms with van der Waals surface area (Å²) < 4.78 is 11.2. The zero-order valence-corrected chi connectivity index (χ0v) is 15.3. The fraction of sp³-hybridized carbons (Fsp3) is 0.364. The van der Waals surface area contributed by atoms with Gasteiger partial charge in [0.1, 0.15) is 12.4 Å². The second-order valence-corrected chi connectivity index (χ2v) is 6.23. The van der Waals surface area contributed by atoms with Gasteiger partial charge in [-0.1, -0.05) is 42.2 Å². The maximum Gasteiger partial charge on any atom is 0.119 e. The van der Waals surface area contributed by atoms with Gasteiger partial charge in [0.15, 0.2) is 0 Å². The molecule has 4 nitrogen and oxygen atoms in total. The first-order valence-corrected chi connectivity index (χ1v) is 9.12. The van der Waals surface area contributed by atoms with Gasteiger partial charge in [-0.3, -0.25) is 4.90 Å². The van der Waals surface area contributed by atoms with Crippen molar-refractivity contribution in [3.05, 3.63) is 65.7 Å². The Morgan fingerprint density at radius 1 is 1.08 bits per heavy atom. The Morgan fingerprint density at radius 2 is 1.81 bits per heavy atom. The molecule has 1 aliphatic heterocycles. The van der Waals surface area contributed by atoms with Crippen molar-refractivity contribution in [2.24, 2.45) is 0 Å². The molecule has 0 amide bonds. The summed E-state index contributed by atoms with van der Waals surface area (Å²) in [6.07, 6.45) is 0. The van der Waals surface area contributed by atoms with Gasteiger partial charge in [0, 0.05) is 25.2 Å². The number of hydrogen-bond donors (Lipinski definition) is 1. The van der Waals surface area contributed by atoms with Crippen LogP contribution in [0.2, 0.25) is 0 Å². The molecule has 1 N–H and O–H groups in total. The normalized spacial score (nSPS) is 15.7. The first-order valence-electron chi connectivity index (χ1n) is 9.12. The summed E-state index contributed by atoms with van der Waals surface area (Å²) in [4.78, 5) is 2.37. The summed E-state index contributed by atoms with van der Waals surface area (Å²) in [7, 11) is 1.93. The predicted molar refractivity (Wildman–Crippen MR) is 104 cm³/mol. The molecule has 0 aromatic heterocycles. The minimum absolute atomic E-state index is 0.00222. The van der Waals surface area contributed by atoms with Gasteiger partial charge in [-0.25, -0.2) is 0 Å². The van der Waals surface area contributed by atoms with Crippen LogP contribution in [0, 0.1) is 11.8 Å². The monoisotopic (exact) mass is 350 g/mol. The van der Waals surface area contributed by atoms with Crippen molar-refractivity contribution in [2.45, 2.75) is 6.04 Å². The molecule has 0 radical (unpaired) electrons. The minimum Gasteiger partial charge on any atom is -0.492 e. The number of hydrogen-bond acceptors (Lipinski definition) is 4. The standard InChI is InChI=1S/C22H26N2O2/c1-23-22(12-7-19-5-3-2-4-6-19)20-8-10-21(11-9-20)26-18-15-24-13-16-25-17-14-24/h2-6,8-11,22-23H,13-18H2,1H3. The number of ether oxygens (including phenoxy) is 2. The Balaban J connectivity index is 1.53. The molecule has 0 saturated carbocycles. The average Bonchev–Trinajstić information content (AvgIpc) is 2.71. The molecule has 1 heterocycles. The van der Waals surface area contributed by atoms with Crippen LogP contribution in [-0.4, -0.2) is 51.4 Å². The van der Waals surface area contributed by atoms with Crippen LogP contribution in [0.25, 0.3) is 0 Å². The highest BCUT2D eigenvalue weighted by atomic mass is 16.5. The molecule has 26 heavy (non-hydrogen) atoms. The summed E-state index contributed by atoms with van der Waals surface area (Å²) in [5.74, 6) is 7.40. The van der Waals surface area contributed by atoms with Gasteiger partial charge in [0.25, 0.3) is 0 Å². The summed E-state index contributed by atoms with van der Waals surface area (Å²) in [6.45, 7) is 5.27. The molecular formula is C22H26N2O2. The van der Waals surface area contributed by atoms with Crippen molar-refractivity contribution >= 4 is 0 Å². The minimum atomic E-state index is -0.00222. The zero-order chi connectivity index (χ0) is 18.0. The molecule has 4 heteroatoms. The zero-order valence-electron chi connectivity index (χ0n) is 15.3. The van der Waals surface area contributed by atoms with Crippen molar-refractivity contribution in [2.75, 3.05) is 46.5 Å². The molecule has 0 bridgehead atoms. The van der Waals surface area contributed by atoms with Crippen molar-refractivity contribution in [3.8, 4) is 17.6 Å². The summed E-state index contributed by atoms with van der Waals surface area (Å²) in [6, 6.07) is 18.2. The molecule has 2 aromatic carbocycles. The van der Waals surface area contributed by atoms with E-state index in [-0.39, 0.29) is 6.04 Å². The number of rotatable bonds is 6. The lowest BCUT2D eigenvalue weighted by Crippen LogP contribution is -2.38. The first kappa shape index (κ1) is 18.5. The molecule has 2 aromatic rings. The molecule has 3 rings (SSSR count).